The van der Waals surface area contributed by atoms with Crippen LogP contribution in [0.15, 0.2) is 36.4 Å². The van der Waals surface area contributed by atoms with E-state index in [0.29, 0.717) is 16.4 Å². The van der Waals surface area contributed by atoms with Crippen LogP contribution in [0, 0.1) is 24.0 Å². The van der Waals surface area contributed by atoms with Gasteiger partial charge in [-0.15, -0.1) is 0 Å². The fourth-order valence-electron chi connectivity index (χ4n) is 2.04. The van der Waals surface area contributed by atoms with E-state index in [9.17, 15) is 10.1 Å². The van der Waals surface area contributed by atoms with E-state index in [4.69, 9.17) is 17.0 Å². The van der Waals surface area contributed by atoms with Crippen molar-refractivity contribution in [2.45, 2.75) is 13.8 Å². The summed E-state index contributed by atoms with van der Waals surface area (Å²) in [6.07, 6.45) is 0. The van der Waals surface area contributed by atoms with Gasteiger partial charge < -0.3 is 15.4 Å². The van der Waals surface area contributed by atoms with Crippen molar-refractivity contribution >= 4 is 34.4 Å². The number of nitrogens with one attached hydrogen (secondary N) is 2. The third-order valence-electron chi connectivity index (χ3n) is 3.28. The third-order valence-corrected chi connectivity index (χ3v) is 3.48. The third kappa shape index (κ3) is 4.17. The molecule has 0 heterocycles. The van der Waals surface area contributed by atoms with Crippen LogP contribution in [0.2, 0.25) is 0 Å². The number of anilines is 2. The Balaban J connectivity index is 2.17. The molecule has 0 aliphatic carbocycles. The Labute approximate surface area is 139 Å². The molecule has 0 atom stereocenters. The first kappa shape index (κ1) is 16.7. The highest BCUT2D eigenvalue weighted by molar-refractivity contribution is 7.80. The van der Waals surface area contributed by atoms with E-state index in [2.05, 4.69) is 10.6 Å². The van der Waals surface area contributed by atoms with Crippen molar-refractivity contribution in [3.8, 4) is 5.75 Å². The molecule has 0 spiro atoms. The second kappa shape index (κ2) is 7.06. The molecule has 2 aromatic carbocycles. The first-order chi connectivity index (χ1) is 10.9. The summed E-state index contributed by atoms with van der Waals surface area (Å²) < 4.78 is 5.07. The molecule has 0 bridgehead atoms. The zero-order valence-corrected chi connectivity index (χ0v) is 13.9. The van der Waals surface area contributed by atoms with Crippen LogP contribution in [-0.2, 0) is 0 Å². The Morgan fingerprint density at radius 1 is 1.17 bits per heavy atom. The summed E-state index contributed by atoms with van der Waals surface area (Å²) in [5.74, 6) is 0.182. The van der Waals surface area contributed by atoms with Crippen LogP contribution < -0.4 is 15.4 Å². The van der Waals surface area contributed by atoms with Crippen LogP contribution in [0.3, 0.4) is 0 Å². The number of hydrogen-bond acceptors (Lipinski definition) is 4. The van der Waals surface area contributed by atoms with E-state index < -0.39 is 4.92 Å². The molecule has 0 unspecified atom stereocenters. The number of nitrogens with zero attached hydrogens (tertiary/aromatic N) is 1. The molecule has 0 saturated carbocycles. The van der Waals surface area contributed by atoms with Crippen LogP contribution in [0.1, 0.15) is 11.1 Å². The lowest BCUT2D eigenvalue weighted by Crippen LogP contribution is -2.19. The summed E-state index contributed by atoms with van der Waals surface area (Å²) in [7, 11) is 1.39. The highest BCUT2D eigenvalue weighted by Gasteiger charge is 2.17. The summed E-state index contributed by atoms with van der Waals surface area (Å²) in [5, 5.41) is 17.5. The van der Waals surface area contributed by atoms with Crippen LogP contribution in [-0.4, -0.2) is 17.1 Å². The second-order valence-corrected chi connectivity index (χ2v) is 5.45. The van der Waals surface area contributed by atoms with Gasteiger partial charge in [-0.2, -0.15) is 0 Å². The number of thiocarbonyl (C=S) groups is 1. The number of benzene rings is 2. The van der Waals surface area contributed by atoms with Gasteiger partial charge in [0.15, 0.2) is 10.9 Å². The van der Waals surface area contributed by atoms with Gasteiger partial charge in [-0.05, 0) is 43.8 Å². The fourth-order valence-corrected chi connectivity index (χ4v) is 2.26. The molecule has 23 heavy (non-hydrogen) atoms. The van der Waals surface area contributed by atoms with Gasteiger partial charge in [0.2, 0.25) is 0 Å². The van der Waals surface area contributed by atoms with Crippen LogP contribution >= 0.6 is 12.2 Å². The normalized spacial score (nSPS) is 10.0. The maximum atomic E-state index is 11.0. The minimum atomic E-state index is -0.474. The van der Waals surface area contributed by atoms with E-state index in [1.807, 2.05) is 31.2 Å². The highest BCUT2D eigenvalue weighted by atomic mass is 32.1. The Bertz CT molecular complexity index is 745. The van der Waals surface area contributed by atoms with Gasteiger partial charge in [-0.25, -0.2) is 0 Å². The number of methoxy groups -OCH3 is 1. The van der Waals surface area contributed by atoms with E-state index in [-0.39, 0.29) is 11.4 Å². The lowest BCUT2D eigenvalue weighted by atomic mass is 10.1. The van der Waals surface area contributed by atoms with Gasteiger partial charge in [-0.3, -0.25) is 10.1 Å². The number of aryl methyl sites for hydroxylation is 2. The Kier molecular flexibility index (Phi) is 5.13. The molecule has 0 radical (unpaired) electrons. The average molecular weight is 331 g/mol. The molecule has 0 aromatic heterocycles. The quantitative estimate of drug-likeness (QED) is 0.500. The lowest BCUT2D eigenvalue weighted by Gasteiger charge is -2.14. The molecule has 0 saturated heterocycles. The maximum Gasteiger partial charge on any atom is 0.311 e. The van der Waals surface area contributed by atoms with Crippen molar-refractivity contribution in [3.63, 3.8) is 0 Å². The van der Waals surface area contributed by atoms with Gasteiger partial charge in [0.1, 0.15) is 0 Å². The zero-order valence-electron chi connectivity index (χ0n) is 13.0. The number of nitro groups is 1. The standard InChI is InChI=1S/C16H17N3O3S/c1-10-4-6-12(7-5-10)17-16(23)18-13-9-15(22-3)14(19(20)21)8-11(13)2/h4-9H,1-3H3,(H2,17,18,23). The number of rotatable bonds is 4. The lowest BCUT2D eigenvalue weighted by molar-refractivity contribution is -0.385. The first-order valence-corrected chi connectivity index (χ1v) is 7.29. The number of nitro benzene ring substituents is 1. The molecule has 0 aliphatic rings. The van der Waals surface area contributed by atoms with Crippen molar-refractivity contribution in [3.05, 3.63) is 57.6 Å². The minimum Gasteiger partial charge on any atom is -0.490 e. The number of hydrogen-bond donors (Lipinski definition) is 2. The summed E-state index contributed by atoms with van der Waals surface area (Å²) in [6.45, 7) is 3.77. The molecule has 2 N–H and O–H groups in total. The highest BCUT2D eigenvalue weighted by Crippen LogP contribution is 2.32. The van der Waals surface area contributed by atoms with E-state index in [0.717, 1.165) is 11.3 Å². The second-order valence-electron chi connectivity index (χ2n) is 5.04. The van der Waals surface area contributed by atoms with Crippen LogP contribution in [0.5, 0.6) is 5.75 Å². The monoisotopic (exact) mass is 331 g/mol. The largest absolute Gasteiger partial charge is 0.490 e. The summed E-state index contributed by atoms with van der Waals surface area (Å²) in [4.78, 5) is 10.5. The van der Waals surface area contributed by atoms with Gasteiger partial charge >= 0.3 is 5.69 Å². The molecule has 120 valence electrons. The topological polar surface area (TPSA) is 76.4 Å². The van der Waals surface area contributed by atoms with Crippen LogP contribution in [0.4, 0.5) is 17.1 Å². The van der Waals surface area contributed by atoms with Gasteiger partial charge in [0.05, 0.1) is 12.0 Å². The van der Waals surface area contributed by atoms with Gasteiger partial charge in [0, 0.05) is 23.5 Å². The maximum absolute atomic E-state index is 11.0. The molecule has 7 heteroatoms. The molecular formula is C16H17N3O3S. The van der Waals surface area contributed by atoms with Crippen molar-refractivity contribution in [1.29, 1.82) is 0 Å². The van der Waals surface area contributed by atoms with Crippen molar-refractivity contribution in [2.75, 3.05) is 17.7 Å². The smallest absolute Gasteiger partial charge is 0.311 e. The fraction of sp³-hybridized carbons (Fsp3) is 0.188. The first-order valence-electron chi connectivity index (χ1n) is 6.88. The number of ether oxygens (including phenoxy) is 1. The molecule has 0 amide bonds. The van der Waals surface area contributed by atoms with Crippen molar-refractivity contribution < 1.29 is 9.66 Å². The Morgan fingerprint density at radius 2 is 1.83 bits per heavy atom. The van der Waals surface area contributed by atoms with Gasteiger partial charge in [-0.1, -0.05) is 17.7 Å². The zero-order chi connectivity index (χ0) is 17.0. The molecule has 2 rings (SSSR count). The predicted molar refractivity (Wildman–Crippen MR) is 95.4 cm³/mol. The molecule has 0 aliphatic heterocycles. The van der Waals surface area contributed by atoms with Crippen LogP contribution in [0.25, 0.3) is 0 Å². The summed E-state index contributed by atoms with van der Waals surface area (Å²) in [5.41, 5.74) is 3.29. The van der Waals surface area contributed by atoms with Gasteiger partial charge in [0.25, 0.3) is 0 Å². The van der Waals surface area contributed by atoms with Crippen molar-refractivity contribution in [1.82, 2.24) is 0 Å². The molecule has 6 nitrogen and oxygen atoms in total. The van der Waals surface area contributed by atoms with E-state index >= 15 is 0 Å². The summed E-state index contributed by atoms with van der Waals surface area (Å²) >= 11 is 5.28. The SMILES string of the molecule is COc1cc(NC(=S)Nc2ccc(C)cc2)c(C)cc1[N+](=O)[O-]. The predicted octanol–water partition coefficient (Wildman–Crippen LogP) is 4.03. The Hall–Kier alpha value is -2.67. The molecule has 0 fully saturated rings. The van der Waals surface area contributed by atoms with Crippen molar-refractivity contribution in [2.24, 2.45) is 0 Å². The Morgan fingerprint density at radius 3 is 2.39 bits per heavy atom. The summed E-state index contributed by atoms with van der Waals surface area (Å²) in [6, 6.07) is 10.8. The minimum absolute atomic E-state index is 0.0760. The average Bonchev–Trinajstić information content (AvgIpc) is 2.51. The molecular weight excluding hydrogens is 314 g/mol. The molecule has 2 aromatic rings. The van der Waals surface area contributed by atoms with E-state index in [1.165, 1.54) is 13.2 Å². The van der Waals surface area contributed by atoms with E-state index in [1.54, 1.807) is 13.0 Å².